The molecule has 22 heteroatoms. The van der Waals surface area contributed by atoms with E-state index in [0.717, 1.165) is 12.2 Å². The van der Waals surface area contributed by atoms with Gasteiger partial charge in [-0.1, -0.05) is 7.43 Å². The molecule has 21 nitrogen and oxygen atoms in total. The minimum Gasteiger partial charge on any atom is -0.481 e. The van der Waals surface area contributed by atoms with Crippen molar-refractivity contribution in [2.75, 3.05) is 84.6 Å². The van der Waals surface area contributed by atoms with E-state index < -0.39 is 0 Å². The molecule has 0 spiro atoms. The van der Waals surface area contributed by atoms with Gasteiger partial charge in [-0.3, -0.25) is 5.41 Å². The predicted octanol–water partition coefficient (Wildman–Crippen LogP) is 2.39. The van der Waals surface area contributed by atoms with Crippen LogP contribution in [-0.4, -0.2) is 110 Å². The van der Waals surface area contributed by atoms with E-state index in [0.29, 0.717) is 107 Å². The van der Waals surface area contributed by atoms with E-state index in [2.05, 4.69) is 46.2 Å². The van der Waals surface area contributed by atoms with Crippen LogP contribution in [0.1, 0.15) is 46.5 Å². The summed E-state index contributed by atoms with van der Waals surface area (Å²) in [6.45, 7) is 14.0. The quantitative estimate of drug-likeness (QED) is 0.0868. The fourth-order valence-electron chi connectivity index (χ4n) is 4.92. The molecular formula is C34H58BN18O3. The summed E-state index contributed by atoms with van der Waals surface area (Å²) in [6.07, 6.45) is 0. The van der Waals surface area contributed by atoms with E-state index in [-0.39, 0.29) is 34.9 Å². The Balaban J connectivity index is 0.000000515. The third kappa shape index (κ3) is 11.6. The van der Waals surface area contributed by atoms with Crippen molar-refractivity contribution in [3.63, 3.8) is 0 Å². The number of hydrazone groups is 1. The summed E-state index contributed by atoms with van der Waals surface area (Å²) < 4.78 is 8.29. The van der Waals surface area contributed by atoms with E-state index in [9.17, 15) is 0 Å². The Kier molecular flexibility index (Phi) is 18.9. The molecule has 1 aliphatic rings. The number of anilines is 9. The highest BCUT2D eigenvalue weighted by molar-refractivity contribution is 6.69. The van der Waals surface area contributed by atoms with Gasteiger partial charge in [0.05, 0.1) is 54.5 Å². The number of nitrogens with two attached hydrogens (primary N) is 5. The maximum atomic E-state index is 9.14. The second kappa shape index (κ2) is 22.2. The molecule has 56 heavy (non-hydrogen) atoms. The van der Waals surface area contributed by atoms with Gasteiger partial charge in [-0.05, 0) is 53.7 Å². The van der Waals surface area contributed by atoms with E-state index >= 15 is 0 Å². The normalized spacial score (nSPS) is 12.4. The van der Waals surface area contributed by atoms with Gasteiger partial charge in [-0.15, -0.1) is 0 Å². The fourth-order valence-corrected chi connectivity index (χ4v) is 4.92. The minimum absolute atomic E-state index is 0. The van der Waals surface area contributed by atoms with Crippen LogP contribution < -0.4 is 49.4 Å². The highest BCUT2D eigenvalue weighted by Gasteiger charge is 2.25. The molecule has 3 radical (unpaired) electrons. The lowest BCUT2D eigenvalue weighted by molar-refractivity contribution is 0.310. The molecule has 305 valence electrons. The molecule has 0 unspecified atom stereocenters. The second-order valence-electron chi connectivity index (χ2n) is 11.6. The molecule has 5 heterocycles. The molecule has 0 fully saturated rings. The van der Waals surface area contributed by atoms with Gasteiger partial charge in [-0.25, -0.2) is 24.3 Å². The van der Waals surface area contributed by atoms with Gasteiger partial charge in [0.15, 0.2) is 23.3 Å². The maximum absolute atomic E-state index is 9.14. The van der Waals surface area contributed by atoms with Gasteiger partial charge >= 0.3 is 0 Å². The molecule has 4 aromatic heterocycles. The Morgan fingerprint density at radius 2 is 1.38 bits per heavy atom. The van der Waals surface area contributed by atoms with Crippen LogP contribution in [0.2, 0.25) is 0 Å². The maximum Gasteiger partial charge on any atom is 0.215 e. The topological polar surface area (TPSA) is 329 Å². The first-order valence-electron chi connectivity index (χ1n) is 17.2. The van der Waals surface area contributed by atoms with Crippen LogP contribution in [0.5, 0.6) is 5.88 Å². The summed E-state index contributed by atoms with van der Waals surface area (Å²) in [6, 6.07) is 5.04. The number of aliphatic hydroxyl groups is 2. The molecule has 5 rings (SSSR count). The van der Waals surface area contributed by atoms with Crippen LogP contribution in [-0.2, 0) is 13.1 Å². The number of nitrogens with one attached hydrogen (secondary N) is 4. The van der Waals surface area contributed by atoms with Crippen molar-refractivity contribution >= 4 is 83.2 Å². The van der Waals surface area contributed by atoms with Gasteiger partial charge in [0.25, 0.3) is 0 Å². The molecule has 0 amide bonds. The van der Waals surface area contributed by atoms with Crippen molar-refractivity contribution in [1.29, 1.82) is 5.41 Å². The number of ether oxygens (including phenoxy) is 1. The number of aliphatic hydroxyl groups excluding tert-OH is 2. The number of rotatable bonds is 13. The highest BCUT2D eigenvalue weighted by atomic mass is 16.5. The standard InChI is InChI=1S/C19H29N11O.C8H13N3O2.C6H12N4.CH4.B/c1-5-29-16(21)14(10(3)27-29)24-13-9-12(20)18(23-7-8-31)26-19(13)25-15-11(4)28-30(6-2)17(15)22;1-13-7-3-2-6(9)8(11-7)10-4-5-12;1-3-10-6(8)5(7)4(2)9-10;;/h9,21,31H,5-8,20,22H2,1-4H3,(H2,23,25,26);2-3,12H,4-5,9H2,1H3,(H,10,11);3,7-8H2,1-2H3;1H4;. The van der Waals surface area contributed by atoms with Crippen LogP contribution in [0.25, 0.3) is 0 Å². The highest BCUT2D eigenvalue weighted by Crippen LogP contribution is 2.35. The number of hydrogen-bond acceptors (Lipinski definition) is 18. The molecule has 0 saturated carbocycles. The number of nitrogens with zero attached hydrogens (tertiary/aromatic N) is 9. The lowest BCUT2D eigenvalue weighted by Gasteiger charge is -2.15. The Hall–Kier alpha value is -6.29. The zero-order chi connectivity index (χ0) is 40.1. The molecule has 0 aliphatic carbocycles. The van der Waals surface area contributed by atoms with Crippen LogP contribution in [0.4, 0.5) is 57.5 Å². The monoisotopic (exact) mass is 778 g/mol. The van der Waals surface area contributed by atoms with E-state index in [1.54, 1.807) is 39.5 Å². The second-order valence-corrected chi connectivity index (χ2v) is 11.6. The van der Waals surface area contributed by atoms with Crippen LogP contribution in [0.3, 0.4) is 0 Å². The zero-order valence-electron chi connectivity index (χ0n) is 32.5. The van der Waals surface area contributed by atoms with Crippen LogP contribution in [0, 0.1) is 19.3 Å². The van der Waals surface area contributed by atoms with Crippen molar-refractivity contribution in [1.82, 2.24) is 34.5 Å². The van der Waals surface area contributed by atoms with Gasteiger partial charge in [-0.2, -0.15) is 20.3 Å². The van der Waals surface area contributed by atoms with Gasteiger partial charge in [0.1, 0.15) is 28.7 Å². The Morgan fingerprint density at radius 1 is 0.804 bits per heavy atom. The Labute approximate surface area is 329 Å². The van der Waals surface area contributed by atoms with Gasteiger partial charge in [0, 0.05) is 47.2 Å². The van der Waals surface area contributed by atoms with E-state index in [4.69, 9.17) is 49.0 Å². The SMILES string of the molecule is C.CCN1N=C(C)C(=Nc2cc(N)c(NCCO)nc2Nc2c(C)nn(CC)c2N)C1=N.CCn1nc(C)c(N)c1N.COc1ccc(N)c(NCCO)n1.[B]. The number of methoxy groups -OCH3 is 1. The van der Waals surface area contributed by atoms with Gasteiger partial charge < -0.3 is 59.6 Å². The molecule has 1 aliphatic heterocycles. The average molecular weight is 778 g/mol. The first kappa shape index (κ1) is 47.7. The first-order valence-corrected chi connectivity index (χ1v) is 17.2. The number of aliphatic imine (C=N–C) groups is 1. The molecule has 0 atom stereocenters. The van der Waals surface area contributed by atoms with Crippen molar-refractivity contribution in [2.45, 2.75) is 62.1 Å². The zero-order valence-corrected chi connectivity index (χ0v) is 32.5. The summed E-state index contributed by atoms with van der Waals surface area (Å²) in [7, 11) is 1.54. The smallest absolute Gasteiger partial charge is 0.215 e. The summed E-state index contributed by atoms with van der Waals surface area (Å²) in [5.74, 6) is 3.08. The lowest BCUT2D eigenvalue weighted by Crippen LogP contribution is -2.26. The van der Waals surface area contributed by atoms with E-state index in [1.165, 1.54) is 7.11 Å². The van der Waals surface area contributed by atoms with Crippen molar-refractivity contribution in [2.24, 2.45) is 10.1 Å². The number of aryl methyl sites for hydroxylation is 4. The number of aromatic nitrogens is 6. The molecule has 16 N–H and O–H groups in total. The third-order valence-corrected chi connectivity index (χ3v) is 7.80. The number of nitrogen functional groups attached to an aromatic ring is 5. The average Bonchev–Trinajstić information content (AvgIpc) is 3.71. The molecule has 4 aromatic rings. The van der Waals surface area contributed by atoms with Gasteiger partial charge in [0.2, 0.25) is 5.88 Å². The minimum atomic E-state index is -0.0665. The van der Waals surface area contributed by atoms with E-state index in [1.807, 2.05) is 34.6 Å². The Bertz CT molecular complexity index is 1960. The lowest BCUT2D eigenvalue weighted by atomic mass is 10.2. The number of hydrogen-bond donors (Lipinski definition) is 11. The largest absolute Gasteiger partial charge is 0.481 e. The van der Waals surface area contributed by atoms with Crippen molar-refractivity contribution < 1.29 is 14.9 Å². The van der Waals surface area contributed by atoms with Crippen LogP contribution in [0.15, 0.2) is 28.3 Å². The summed E-state index contributed by atoms with van der Waals surface area (Å²) in [4.78, 5) is 13.3. The number of pyridine rings is 2. The van der Waals surface area contributed by atoms with Crippen molar-refractivity contribution in [3.05, 3.63) is 29.6 Å². The third-order valence-electron chi connectivity index (χ3n) is 7.80. The first-order chi connectivity index (χ1) is 25.7. The summed E-state index contributed by atoms with van der Waals surface area (Å²) in [5, 5.41) is 49.6. The molecular weight excluding hydrogens is 719 g/mol. The molecule has 0 saturated heterocycles. The van der Waals surface area contributed by atoms with Crippen molar-refractivity contribution in [3.8, 4) is 5.88 Å². The number of amidine groups is 1. The summed E-state index contributed by atoms with van der Waals surface area (Å²) in [5.41, 5.74) is 34.3. The van der Waals surface area contributed by atoms with Crippen LogP contribution >= 0.6 is 0 Å². The summed E-state index contributed by atoms with van der Waals surface area (Å²) >= 11 is 0. The Morgan fingerprint density at radius 3 is 1.84 bits per heavy atom. The molecule has 0 aromatic carbocycles. The molecule has 0 bridgehead atoms. The predicted molar refractivity (Wildman–Crippen MR) is 230 cm³/mol. The fraction of sp³-hybridized carbons (Fsp3) is 0.441.